The molecular weight excluding hydrogens is 336 g/mol. The lowest BCUT2D eigenvalue weighted by molar-refractivity contribution is -0.137. The Hall–Kier alpha value is -1.47. The van der Waals surface area contributed by atoms with Gasteiger partial charge in [-0.3, -0.25) is 9.59 Å². The van der Waals surface area contributed by atoms with Crippen LogP contribution in [0.2, 0.25) is 0 Å². The molecule has 6 nitrogen and oxygen atoms in total. The second-order valence-electron chi connectivity index (χ2n) is 7.44. The van der Waals surface area contributed by atoms with Gasteiger partial charge in [-0.1, -0.05) is 19.3 Å². The van der Waals surface area contributed by atoms with E-state index >= 15 is 0 Å². The Morgan fingerprint density at radius 2 is 2.16 bits per heavy atom. The Bertz CT molecular complexity index is 584. The molecule has 1 saturated heterocycles. The first-order valence-electron chi connectivity index (χ1n) is 9.28. The van der Waals surface area contributed by atoms with E-state index in [1.54, 1.807) is 6.20 Å². The monoisotopic (exact) mass is 364 g/mol. The fourth-order valence-electron chi connectivity index (χ4n) is 4.14. The van der Waals surface area contributed by atoms with Crippen molar-refractivity contribution in [2.75, 3.05) is 25.0 Å². The maximum absolute atomic E-state index is 12.9. The van der Waals surface area contributed by atoms with Crippen molar-refractivity contribution in [3.8, 4) is 0 Å². The topological polar surface area (TPSA) is 74.3 Å². The van der Waals surface area contributed by atoms with Gasteiger partial charge in [-0.05, 0) is 25.2 Å². The second-order valence-corrected chi connectivity index (χ2v) is 8.33. The SMILES string of the molecule is C[C@@H]1CNCCN1C(=O)CC1(CC(=O)Nc2nccs2)CCCCC1. The number of rotatable bonds is 5. The van der Waals surface area contributed by atoms with E-state index in [1.165, 1.54) is 17.8 Å². The number of amides is 2. The average molecular weight is 365 g/mol. The lowest BCUT2D eigenvalue weighted by Gasteiger charge is -2.40. The Morgan fingerprint density at radius 3 is 2.84 bits per heavy atom. The van der Waals surface area contributed by atoms with Gasteiger partial charge in [-0.25, -0.2) is 4.98 Å². The average Bonchev–Trinajstić information content (AvgIpc) is 3.08. The summed E-state index contributed by atoms with van der Waals surface area (Å²) in [6.07, 6.45) is 7.93. The van der Waals surface area contributed by atoms with Crippen molar-refractivity contribution in [3.05, 3.63) is 11.6 Å². The van der Waals surface area contributed by atoms with Gasteiger partial charge in [0.1, 0.15) is 0 Å². The zero-order valence-electron chi connectivity index (χ0n) is 14.9. The third kappa shape index (κ3) is 4.79. The maximum atomic E-state index is 12.9. The van der Waals surface area contributed by atoms with Crippen LogP contribution in [0, 0.1) is 5.41 Å². The van der Waals surface area contributed by atoms with Crippen molar-refractivity contribution >= 4 is 28.3 Å². The molecule has 0 aromatic carbocycles. The largest absolute Gasteiger partial charge is 0.337 e. The van der Waals surface area contributed by atoms with Gasteiger partial charge in [0.2, 0.25) is 11.8 Å². The minimum absolute atomic E-state index is 0.0157. The zero-order valence-corrected chi connectivity index (χ0v) is 15.7. The lowest BCUT2D eigenvalue weighted by atomic mass is 9.69. The molecule has 1 saturated carbocycles. The van der Waals surface area contributed by atoms with Crippen molar-refractivity contribution in [2.24, 2.45) is 5.41 Å². The van der Waals surface area contributed by atoms with E-state index in [4.69, 9.17) is 0 Å². The minimum Gasteiger partial charge on any atom is -0.337 e. The van der Waals surface area contributed by atoms with Crippen LogP contribution in [0.1, 0.15) is 51.9 Å². The summed E-state index contributed by atoms with van der Waals surface area (Å²) in [5.74, 6) is 0.191. The molecule has 1 aromatic rings. The smallest absolute Gasteiger partial charge is 0.226 e. The van der Waals surface area contributed by atoms with Crippen LogP contribution >= 0.6 is 11.3 Å². The number of piperazine rings is 1. The Labute approximate surface area is 153 Å². The van der Waals surface area contributed by atoms with Crippen LogP contribution in [-0.2, 0) is 9.59 Å². The van der Waals surface area contributed by atoms with Crippen molar-refractivity contribution in [1.82, 2.24) is 15.2 Å². The normalized spacial score (nSPS) is 23.2. The molecule has 0 unspecified atom stereocenters. The summed E-state index contributed by atoms with van der Waals surface area (Å²) in [5.41, 5.74) is -0.193. The number of hydrogen-bond acceptors (Lipinski definition) is 5. The summed E-state index contributed by atoms with van der Waals surface area (Å²) < 4.78 is 0. The molecule has 1 aliphatic carbocycles. The molecule has 2 aliphatic rings. The van der Waals surface area contributed by atoms with Gasteiger partial charge in [0.15, 0.2) is 5.13 Å². The van der Waals surface area contributed by atoms with E-state index < -0.39 is 0 Å². The molecule has 0 radical (unpaired) electrons. The molecular formula is C18H28N4O2S. The number of hydrogen-bond donors (Lipinski definition) is 2. The molecule has 0 spiro atoms. The molecule has 1 aliphatic heterocycles. The highest BCUT2D eigenvalue weighted by Crippen LogP contribution is 2.43. The zero-order chi connectivity index (χ0) is 17.7. The molecule has 2 N–H and O–H groups in total. The summed E-state index contributed by atoms with van der Waals surface area (Å²) in [6, 6.07) is 0.228. The van der Waals surface area contributed by atoms with Crippen LogP contribution in [0.15, 0.2) is 11.6 Å². The molecule has 1 atom stereocenters. The van der Waals surface area contributed by atoms with Crippen molar-refractivity contribution in [3.63, 3.8) is 0 Å². The van der Waals surface area contributed by atoms with E-state index in [1.807, 2.05) is 10.3 Å². The number of nitrogens with zero attached hydrogens (tertiary/aromatic N) is 2. The Kier molecular flexibility index (Phi) is 6.06. The highest BCUT2D eigenvalue weighted by Gasteiger charge is 2.38. The summed E-state index contributed by atoms with van der Waals surface area (Å²) in [7, 11) is 0. The number of carbonyl (C=O) groups is 2. The van der Waals surface area contributed by atoms with Crippen LogP contribution in [-0.4, -0.2) is 47.4 Å². The predicted molar refractivity (Wildman–Crippen MR) is 99.5 cm³/mol. The molecule has 25 heavy (non-hydrogen) atoms. The first kappa shape index (κ1) is 18.3. The molecule has 3 rings (SSSR count). The Balaban J connectivity index is 1.65. The van der Waals surface area contributed by atoms with Gasteiger partial charge in [-0.15, -0.1) is 11.3 Å². The quantitative estimate of drug-likeness (QED) is 0.842. The first-order chi connectivity index (χ1) is 12.1. The summed E-state index contributed by atoms with van der Waals surface area (Å²) >= 11 is 1.42. The number of carbonyl (C=O) groups excluding carboxylic acids is 2. The maximum Gasteiger partial charge on any atom is 0.226 e. The van der Waals surface area contributed by atoms with E-state index in [-0.39, 0.29) is 23.3 Å². The van der Waals surface area contributed by atoms with E-state index in [0.29, 0.717) is 18.0 Å². The summed E-state index contributed by atoms with van der Waals surface area (Å²) in [5, 5.41) is 8.70. The van der Waals surface area contributed by atoms with Crippen molar-refractivity contribution in [2.45, 2.75) is 57.9 Å². The van der Waals surface area contributed by atoms with E-state index in [9.17, 15) is 9.59 Å². The summed E-state index contributed by atoms with van der Waals surface area (Å²) in [4.78, 5) is 31.6. The Morgan fingerprint density at radius 1 is 1.36 bits per heavy atom. The van der Waals surface area contributed by atoms with E-state index in [2.05, 4.69) is 22.5 Å². The third-order valence-electron chi connectivity index (χ3n) is 5.48. The molecule has 2 heterocycles. The number of nitrogens with one attached hydrogen (secondary N) is 2. The van der Waals surface area contributed by atoms with E-state index in [0.717, 1.165) is 45.3 Å². The van der Waals surface area contributed by atoms with Gasteiger partial charge >= 0.3 is 0 Å². The fraction of sp³-hybridized carbons (Fsp3) is 0.722. The first-order valence-corrected chi connectivity index (χ1v) is 10.2. The lowest BCUT2D eigenvalue weighted by Crippen LogP contribution is -2.53. The van der Waals surface area contributed by atoms with Gasteiger partial charge in [0.05, 0.1) is 0 Å². The summed E-state index contributed by atoms with van der Waals surface area (Å²) in [6.45, 7) is 4.56. The van der Waals surface area contributed by atoms with Gasteiger partial charge in [0.25, 0.3) is 0 Å². The van der Waals surface area contributed by atoms with Crippen molar-refractivity contribution in [1.29, 1.82) is 0 Å². The fourth-order valence-corrected chi connectivity index (χ4v) is 4.69. The molecule has 2 fully saturated rings. The van der Waals surface area contributed by atoms with Crippen LogP contribution in [0.25, 0.3) is 0 Å². The minimum atomic E-state index is -0.193. The van der Waals surface area contributed by atoms with Crippen LogP contribution in [0.5, 0.6) is 0 Å². The van der Waals surface area contributed by atoms with Gasteiger partial charge in [0, 0.05) is 50.1 Å². The third-order valence-corrected chi connectivity index (χ3v) is 6.16. The van der Waals surface area contributed by atoms with Crippen molar-refractivity contribution < 1.29 is 9.59 Å². The molecule has 138 valence electrons. The van der Waals surface area contributed by atoms with Crippen LogP contribution in [0.3, 0.4) is 0 Å². The number of thiazole rings is 1. The molecule has 2 amide bonds. The standard InChI is InChI=1S/C18H28N4O2S/c1-14-13-19-7-9-22(14)16(24)12-18(5-3-2-4-6-18)11-15(23)21-17-20-8-10-25-17/h8,10,14,19H,2-7,9,11-13H2,1H3,(H,20,21,23)/t14-/m1/s1. The predicted octanol–water partition coefficient (Wildman–Crippen LogP) is 2.63. The van der Waals surface area contributed by atoms with Gasteiger partial charge < -0.3 is 15.5 Å². The van der Waals surface area contributed by atoms with Crippen LogP contribution in [0.4, 0.5) is 5.13 Å². The number of aromatic nitrogens is 1. The molecule has 0 bridgehead atoms. The van der Waals surface area contributed by atoms with Gasteiger partial charge in [-0.2, -0.15) is 0 Å². The molecule has 1 aromatic heterocycles. The highest BCUT2D eigenvalue weighted by molar-refractivity contribution is 7.13. The number of anilines is 1. The van der Waals surface area contributed by atoms with Crippen LogP contribution < -0.4 is 10.6 Å². The molecule has 7 heteroatoms. The second kappa shape index (κ2) is 8.27. The highest BCUT2D eigenvalue weighted by atomic mass is 32.1.